The Bertz CT molecular complexity index is 1490. The molecule has 0 aliphatic heterocycles. The molecule has 7 heteroatoms. The average Bonchev–Trinajstić information content (AvgIpc) is 3.26. The number of hydrogen-bond donors (Lipinski definition) is 2. The van der Waals surface area contributed by atoms with Gasteiger partial charge in [0.15, 0.2) is 5.78 Å². The fourth-order valence-corrected chi connectivity index (χ4v) is 3.72. The summed E-state index contributed by atoms with van der Waals surface area (Å²) in [6.07, 6.45) is 1.90. The van der Waals surface area contributed by atoms with Crippen molar-refractivity contribution in [2.45, 2.75) is 6.42 Å². The number of nitrogens with one attached hydrogen (secondary N) is 2. The molecule has 0 bridgehead atoms. The maximum Gasteiger partial charge on any atom is 0.276 e. The third-order valence-electron chi connectivity index (χ3n) is 5.43. The van der Waals surface area contributed by atoms with E-state index < -0.39 is 0 Å². The lowest BCUT2D eigenvalue weighted by Gasteiger charge is -2.04. The first-order valence-corrected chi connectivity index (χ1v) is 10.4. The zero-order valence-electron chi connectivity index (χ0n) is 17.8. The van der Waals surface area contributed by atoms with Crippen LogP contribution in [0.3, 0.4) is 0 Å². The van der Waals surface area contributed by atoms with E-state index in [0.717, 1.165) is 22.1 Å². The molecule has 162 valence electrons. The number of carbonyl (C=O) groups is 2. The van der Waals surface area contributed by atoms with Gasteiger partial charge in [-0.15, -0.1) is 0 Å². The molecule has 0 aliphatic carbocycles. The molecule has 33 heavy (non-hydrogen) atoms. The minimum absolute atomic E-state index is 0.0636. The first-order chi connectivity index (χ1) is 16.1. The van der Waals surface area contributed by atoms with E-state index in [1.54, 1.807) is 31.5 Å². The number of anilines is 1. The predicted octanol–water partition coefficient (Wildman–Crippen LogP) is 4.80. The predicted molar refractivity (Wildman–Crippen MR) is 127 cm³/mol. The van der Waals surface area contributed by atoms with Gasteiger partial charge < -0.3 is 9.72 Å². The van der Waals surface area contributed by atoms with Gasteiger partial charge in [0.25, 0.3) is 5.91 Å². The number of aromatic nitrogens is 3. The van der Waals surface area contributed by atoms with E-state index in [-0.39, 0.29) is 29.8 Å². The molecule has 1 amide bonds. The number of benzene rings is 3. The van der Waals surface area contributed by atoms with Gasteiger partial charge in [0.1, 0.15) is 17.0 Å². The Labute approximate surface area is 189 Å². The Morgan fingerprint density at radius 3 is 2.55 bits per heavy atom. The van der Waals surface area contributed by atoms with Crippen LogP contribution in [-0.2, 0) is 6.42 Å². The van der Waals surface area contributed by atoms with Crippen LogP contribution in [0.25, 0.3) is 21.8 Å². The van der Waals surface area contributed by atoms with Crippen molar-refractivity contribution in [3.05, 3.63) is 95.8 Å². The fourth-order valence-electron chi connectivity index (χ4n) is 3.72. The third kappa shape index (κ3) is 4.16. The summed E-state index contributed by atoms with van der Waals surface area (Å²) in [7, 11) is 1.60. The molecule has 0 saturated carbocycles. The highest BCUT2D eigenvalue weighted by Gasteiger charge is 2.16. The van der Waals surface area contributed by atoms with E-state index in [1.807, 2.05) is 54.6 Å². The second-order valence-electron chi connectivity index (χ2n) is 7.61. The van der Waals surface area contributed by atoms with Crippen molar-refractivity contribution in [1.29, 1.82) is 0 Å². The number of methoxy groups -OCH3 is 1. The van der Waals surface area contributed by atoms with Crippen molar-refractivity contribution in [2.24, 2.45) is 0 Å². The normalized spacial score (nSPS) is 10.9. The average molecular weight is 436 g/mol. The van der Waals surface area contributed by atoms with Crippen molar-refractivity contribution < 1.29 is 14.3 Å². The number of nitrogens with zero attached hydrogens (tertiary/aromatic N) is 2. The molecule has 0 saturated heterocycles. The molecule has 5 aromatic rings. The molecule has 0 aliphatic rings. The van der Waals surface area contributed by atoms with Crippen molar-refractivity contribution in [3.63, 3.8) is 0 Å². The summed E-state index contributed by atoms with van der Waals surface area (Å²) < 4.78 is 5.17. The number of imidazole rings is 1. The zero-order chi connectivity index (χ0) is 22.8. The lowest BCUT2D eigenvalue weighted by Crippen LogP contribution is -2.14. The SMILES string of the molecule is COc1ccc(CC(=O)c2cccc3[nH]c(NC(=O)c4cc5ccccc5cn4)nc23)cc1. The summed E-state index contributed by atoms with van der Waals surface area (Å²) in [5.74, 6) is 0.550. The second kappa shape index (κ2) is 8.55. The third-order valence-corrected chi connectivity index (χ3v) is 5.43. The molecule has 5 rings (SSSR count). The zero-order valence-corrected chi connectivity index (χ0v) is 17.8. The number of rotatable bonds is 6. The van der Waals surface area contributed by atoms with Crippen molar-refractivity contribution in [3.8, 4) is 5.75 Å². The van der Waals surface area contributed by atoms with Crippen LogP contribution in [0, 0.1) is 0 Å². The van der Waals surface area contributed by atoms with Crippen molar-refractivity contribution in [2.75, 3.05) is 12.4 Å². The Morgan fingerprint density at radius 1 is 0.970 bits per heavy atom. The van der Waals surface area contributed by atoms with Crippen molar-refractivity contribution >= 4 is 39.4 Å². The highest BCUT2D eigenvalue weighted by molar-refractivity contribution is 6.08. The number of para-hydroxylation sites is 1. The molecule has 3 aromatic carbocycles. The number of Topliss-reactive ketones (excluding diaryl/α,β-unsaturated/α-hetero) is 1. The van der Waals surface area contributed by atoms with E-state index in [9.17, 15) is 9.59 Å². The number of H-pyrrole nitrogens is 1. The first kappa shape index (κ1) is 20.4. The molecular weight excluding hydrogens is 416 g/mol. The van der Waals surface area contributed by atoms with Crippen LogP contribution in [0.5, 0.6) is 5.75 Å². The van der Waals surface area contributed by atoms with Gasteiger partial charge in [-0.2, -0.15) is 0 Å². The summed E-state index contributed by atoms with van der Waals surface area (Å²) >= 11 is 0. The summed E-state index contributed by atoms with van der Waals surface area (Å²) in [6.45, 7) is 0. The molecule has 7 nitrogen and oxygen atoms in total. The summed E-state index contributed by atoms with van der Waals surface area (Å²) in [4.78, 5) is 37.5. The number of hydrogen-bond acceptors (Lipinski definition) is 5. The van der Waals surface area contributed by atoms with E-state index >= 15 is 0 Å². The number of carbonyl (C=O) groups excluding carboxylic acids is 2. The van der Waals surface area contributed by atoms with Gasteiger partial charge in [0.2, 0.25) is 5.95 Å². The topological polar surface area (TPSA) is 97.0 Å². The number of ether oxygens (including phenoxy) is 1. The van der Waals surface area contributed by atoms with Gasteiger partial charge in [0.05, 0.1) is 12.6 Å². The lowest BCUT2D eigenvalue weighted by molar-refractivity contribution is 0.0992. The molecule has 0 atom stereocenters. The van der Waals surface area contributed by atoms with Crippen molar-refractivity contribution in [1.82, 2.24) is 15.0 Å². The maximum atomic E-state index is 13.0. The Balaban J connectivity index is 1.38. The van der Waals surface area contributed by atoms with E-state index in [0.29, 0.717) is 16.6 Å². The summed E-state index contributed by atoms with van der Waals surface area (Å²) in [6, 6.07) is 22.2. The number of ketones is 1. The number of aromatic amines is 1. The molecule has 0 fully saturated rings. The molecule has 0 radical (unpaired) electrons. The van der Waals surface area contributed by atoms with E-state index in [2.05, 4.69) is 20.3 Å². The molecule has 0 unspecified atom stereocenters. The van der Waals surface area contributed by atoms with Gasteiger partial charge >= 0.3 is 0 Å². The smallest absolute Gasteiger partial charge is 0.276 e. The van der Waals surface area contributed by atoms with Crippen LogP contribution in [0.2, 0.25) is 0 Å². The van der Waals surface area contributed by atoms with Gasteiger partial charge in [-0.05, 0) is 41.3 Å². The lowest BCUT2D eigenvalue weighted by atomic mass is 10.0. The highest BCUT2D eigenvalue weighted by Crippen LogP contribution is 2.22. The Kier molecular flexibility index (Phi) is 5.28. The van der Waals surface area contributed by atoms with Crippen LogP contribution < -0.4 is 10.1 Å². The molecule has 2 heterocycles. The standard InChI is InChI=1S/C26H20N4O3/c1-33-19-11-9-16(10-12-19)13-23(31)20-7-4-8-21-24(20)29-26(28-21)30-25(32)22-14-17-5-2-3-6-18(17)15-27-22/h2-12,14-15H,13H2,1H3,(H2,28,29,30,32). The second-order valence-corrected chi connectivity index (χ2v) is 7.61. The Morgan fingerprint density at radius 2 is 1.76 bits per heavy atom. The van der Waals surface area contributed by atoms with Gasteiger partial charge in [-0.1, -0.05) is 42.5 Å². The minimum Gasteiger partial charge on any atom is -0.497 e. The molecule has 2 aromatic heterocycles. The molecule has 2 N–H and O–H groups in total. The van der Waals surface area contributed by atoms with Gasteiger partial charge in [-0.25, -0.2) is 4.98 Å². The van der Waals surface area contributed by atoms with E-state index in [4.69, 9.17) is 4.74 Å². The monoisotopic (exact) mass is 436 g/mol. The quantitative estimate of drug-likeness (QED) is 0.373. The summed E-state index contributed by atoms with van der Waals surface area (Å²) in [5, 5.41) is 4.63. The molecular formula is C26H20N4O3. The van der Waals surface area contributed by atoms with E-state index in [1.165, 1.54) is 0 Å². The Hall–Kier alpha value is -4.52. The highest BCUT2D eigenvalue weighted by atomic mass is 16.5. The maximum absolute atomic E-state index is 13.0. The van der Waals surface area contributed by atoms with Crippen LogP contribution in [0.15, 0.2) is 79.0 Å². The number of pyridine rings is 1. The van der Waals surface area contributed by atoms with Crippen LogP contribution in [0.4, 0.5) is 5.95 Å². The molecule has 0 spiro atoms. The van der Waals surface area contributed by atoms with Crippen LogP contribution >= 0.6 is 0 Å². The van der Waals surface area contributed by atoms with Gasteiger partial charge in [0, 0.05) is 23.6 Å². The minimum atomic E-state index is -0.383. The number of amides is 1. The number of fused-ring (bicyclic) bond motifs is 2. The summed E-state index contributed by atoms with van der Waals surface area (Å²) in [5.41, 5.74) is 2.83. The van der Waals surface area contributed by atoms with Crippen LogP contribution in [-0.4, -0.2) is 33.8 Å². The van der Waals surface area contributed by atoms with Crippen LogP contribution in [0.1, 0.15) is 26.4 Å². The fraction of sp³-hybridized carbons (Fsp3) is 0.0769. The van der Waals surface area contributed by atoms with Gasteiger partial charge in [-0.3, -0.25) is 19.9 Å². The largest absolute Gasteiger partial charge is 0.497 e. The first-order valence-electron chi connectivity index (χ1n) is 10.4.